The summed E-state index contributed by atoms with van der Waals surface area (Å²) in [6, 6.07) is 21.9. The van der Waals surface area contributed by atoms with E-state index in [4.69, 9.17) is 20.9 Å². The molecule has 0 aliphatic rings. The van der Waals surface area contributed by atoms with Gasteiger partial charge in [-0.3, -0.25) is 9.63 Å². The Labute approximate surface area is 166 Å². The second kappa shape index (κ2) is 8.12. The lowest BCUT2D eigenvalue weighted by Crippen LogP contribution is -2.24. The van der Waals surface area contributed by atoms with Gasteiger partial charge >= 0.3 is 0 Å². The van der Waals surface area contributed by atoms with Gasteiger partial charge in [-0.1, -0.05) is 48.0 Å². The molecule has 2 aromatic heterocycles. The Balaban J connectivity index is 1.57. The van der Waals surface area contributed by atoms with Crippen molar-refractivity contribution in [1.82, 2.24) is 15.3 Å². The average molecular weight is 394 g/mol. The van der Waals surface area contributed by atoms with Crippen molar-refractivity contribution in [2.24, 2.45) is 0 Å². The molecule has 0 aliphatic heterocycles. The van der Waals surface area contributed by atoms with Crippen LogP contribution in [0.4, 0.5) is 0 Å². The Morgan fingerprint density at radius 3 is 2.68 bits per heavy atom. The average Bonchev–Trinajstić information content (AvgIpc) is 3.38. The third kappa shape index (κ3) is 3.98. The summed E-state index contributed by atoms with van der Waals surface area (Å²) >= 11 is 6.10. The highest BCUT2D eigenvalue weighted by Gasteiger charge is 2.18. The Bertz CT molecular complexity index is 1080. The van der Waals surface area contributed by atoms with Gasteiger partial charge in [0.2, 0.25) is 0 Å². The lowest BCUT2D eigenvalue weighted by molar-refractivity contribution is 0.0229. The minimum atomic E-state index is -0.454. The lowest BCUT2D eigenvalue weighted by Gasteiger charge is -2.06. The van der Waals surface area contributed by atoms with Gasteiger partial charge in [0.05, 0.1) is 18.6 Å². The zero-order chi connectivity index (χ0) is 19.3. The van der Waals surface area contributed by atoms with Crippen molar-refractivity contribution in [1.29, 1.82) is 0 Å². The molecule has 7 heteroatoms. The summed E-state index contributed by atoms with van der Waals surface area (Å²) in [6.45, 7) is 0.257. The van der Waals surface area contributed by atoms with Crippen molar-refractivity contribution < 1.29 is 14.0 Å². The quantitative estimate of drug-likeness (QED) is 0.484. The first-order chi connectivity index (χ1) is 13.7. The Morgan fingerprint density at radius 2 is 1.93 bits per heavy atom. The first kappa shape index (κ1) is 18.0. The van der Waals surface area contributed by atoms with Crippen molar-refractivity contribution in [2.75, 3.05) is 0 Å². The molecular weight excluding hydrogens is 378 g/mol. The van der Waals surface area contributed by atoms with E-state index in [1.54, 1.807) is 41.3 Å². The molecule has 4 aromatic rings. The van der Waals surface area contributed by atoms with Gasteiger partial charge in [-0.2, -0.15) is 5.10 Å². The van der Waals surface area contributed by atoms with Gasteiger partial charge in [0, 0.05) is 11.1 Å². The topological polar surface area (TPSA) is 69.3 Å². The number of nitrogens with one attached hydrogen (secondary N) is 1. The zero-order valence-corrected chi connectivity index (χ0v) is 15.5. The third-order valence-electron chi connectivity index (χ3n) is 4.01. The molecule has 1 amide bonds. The Kier molecular flexibility index (Phi) is 5.23. The van der Waals surface area contributed by atoms with Crippen LogP contribution in [0.15, 0.2) is 83.5 Å². The van der Waals surface area contributed by atoms with Gasteiger partial charge in [0.25, 0.3) is 5.91 Å². The van der Waals surface area contributed by atoms with Crippen LogP contribution in [0.1, 0.15) is 16.1 Å². The number of rotatable bonds is 6. The van der Waals surface area contributed by atoms with Crippen LogP contribution in [0.3, 0.4) is 0 Å². The van der Waals surface area contributed by atoms with Crippen LogP contribution in [-0.4, -0.2) is 15.7 Å². The fraction of sp³-hybridized carbons (Fsp3) is 0.0476. The van der Waals surface area contributed by atoms with E-state index in [9.17, 15) is 4.79 Å². The molecule has 0 unspecified atom stereocenters. The molecule has 0 spiro atoms. The monoisotopic (exact) mass is 393 g/mol. The molecule has 6 nitrogen and oxygen atoms in total. The van der Waals surface area contributed by atoms with Crippen LogP contribution < -0.4 is 5.48 Å². The highest BCUT2D eigenvalue weighted by molar-refractivity contribution is 6.30. The van der Waals surface area contributed by atoms with Gasteiger partial charge in [-0.05, 0) is 35.9 Å². The molecule has 2 aromatic carbocycles. The highest BCUT2D eigenvalue weighted by Crippen LogP contribution is 2.25. The summed E-state index contributed by atoms with van der Waals surface area (Å²) in [5, 5.41) is 4.97. The third-order valence-corrected chi connectivity index (χ3v) is 4.25. The molecule has 2 heterocycles. The van der Waals surface area contributed by atoms with Crippen molar-refractivity contribution >= 4 is 17.5 Å². The molecule has 0 atom stereocenters. The van der Waals surface area contributed by atoms with Crippen LogP contribution in [-0.2, 0) is 11.4 Å². The minimum absolute atomic E-state index is 0.194. The predicted molar refractivity (Wildman–Crippen MR) is 105 cm³/mol. The molecule has 0 saturated heterocycles. The fourth-order valence-corrected chi connectivity index (χ4v) is 2.89. The number of aromatic nitrogens is 2. The summed E-state index contributed by atoms with van der Waals surface area (Å²) < 4.78 is 7.10. The van der Waals surface area contributed by atoms with Crippen LogP contribution in [0.25, 0.3) is 17.1 Å². The number of carbonyl (C=O) groups excluding carboxylic acids is 1. The van der Waals surface area contributed by atoms with Crippen molar-refractivity contribution in [3.63, 3.8) is 0 Å². The molecular formula is C21H16ClN3O3. The number of hydroxylamine groups is 1. The smallest absolute Gasteiger partial charge is 0.295 e. The highest BCUT2D eigenvalue weighted by atomic mass is 35.5. The van der Waals surface area contributed by atoms with E-state index in [-0.39, 0.29) is 12.3 Å². The second-order valence-electron chi connectivity index (χ2n) is 5.99. The molecule has 0 radical (unpaired) electrons. The second-order valence-corrected chi connectivity index (χ2v) is 6.43. The predicted octanol–water partition coefficient (Wildman–Crippen LogP) is 4.65. The number of hydrogen-bond acceptors (Lipinski definition) is 4. The first-order valence-corrected chi connectivity index (χ1v) is 8.94. The molecule has 0 saturated carbocycles. The molecule has 1 N–H and O–H groups in total. The van der Waals surface area contributed by atoms with Crippen LogP contribution in [0.5, 0.6) is 0 Å². The van der Waals surface area contributed by atoms with E-state index < -0.39 is 5.91 Å². The van der Waals surface area contributed by atoms with Gasteiger partial charge < -0.3 is 4.42 Å². The molecule has 140 valence electrons. The first-order valence-electron chi connectivity index (χ1n) is 8.56. The van der Waals surface area contributed by atoms with E-state index in [0.717, 1.165) is 5.56 Å². The summed E-state index contributed by atoms with van der Waals surface area (Å²) in [6.07, 6.45) is 1.56. The van der Waals surface area contributed by atoms with E-state index in [1.807, 2.05) is 42.5 Å². The summed E-state index contributed by atoms with van der Waals surface area (Å²) in [5.41, 5.74) is 4.90. The summed E-state index contributed by atoms with van der Waals surface area (Å²) in [4.78, 5) is 17.8. The number of amides is 1. The fourth-order valence-electron chi connectivity index (χ4n) is 2.71. The van der Waals surface area contributed by atoms with Gasteiger partial charge in [0.15, 0.2) is 11.5 Å². The minimum Gasteiger partial charge on any atom is -0.463 e. The number of halogens is 1. The van der Waals surface area contributed by atoms with Gasteiger partial charge in [-0.15, -0.1) is 0 Å². The molecule has 0 aliphatic carbocycles. The van der Waals surface area contributed by atoms with E-state index in [2.05, 4.69) is 10.6 Å². The number of furan rings is 1. The molecule has 0 fully saturated rings. The van der Waals surface area contributed by atoms with E-state index in [1.165, 1.54) is 0 Å². The van der Waals surface area contributed by atoms with Gasteiger partial charge in [-0.25, -0.2) is 10.2 Å². The molecule has 4 rings (SSSR count). The maximum atomic E-state index is 12.5. The van der Waals surface area contributed by atoms with E-state index in [0.29, 0.717) is 22.2 Å². The maximum absolute atomic E-state index is 12.5. The molecule has 0 bridgehead atoms. The normalized spacial score (nSPS) is 10.8. The Hall–Kier alpha value is -3.35. The maximum Gasteiger partial charge on any atom is 0.295 e. The van der Waals surface area contributed by atoms with Crippen LogP contribution in [0.2, 0.25) is 5.02 Å². The van der Waals surface area contributed by atoms with Crippen LogP contribution in [0, 0.1) is 0 Å². The number of benzene rings is 2. The SMILES string of the molecule is O=C(NOCc1ccccc1)c1cc(-c2ccco2)n(-c2cccc(Cl)c2)n1. The summed E-state index contributed by atoms with van der Waals surface area (Å²) in [7, 11) is 0. The van der Waals surface area contributed by atoms with Crippen molar-refractivity contribution in [2.45, 2.75) is 6.61 Å². The number of nitrogens with zero attached hydrogens (tertiary/aromatic N) is 2. The van der Waals surface area contributed by atoms with E-state index >= 15 is 0 Å². The Morgan fingerprint density at radius 1 is 1.07 bits per heavy atom. The number of hydrogen-bond donors (Lipinski definition) is 1. The largest absolute Gasteiger partial charge is 0.463 e. The van der Waals surface area contributed by atoms with Crippen LogP contribution >= 0.6 is 11.6 Å². The van der Waals surface area contributed by atoms with Crippen molar-refractivity contribution in [3.05, 3.63) is 95.3 Å². The lowest BCUT2D eigenvalue weighted by atomic mass is 10.2. The summed E-state index contributed by atoms with van der Waals surface area (Å²) in [5.74, 6) is 0.126. The van der Waals surface area contributed by atoms with Crippen molar-refractivity contribution in [3.8, 4) is 17.1 Å². The van der Waals surface area contributed by atoms with Gasteiger partial charge in [0.1, 0.15) is 5.69 Å². The zero-order valence-electron chi connectivity index (χ0n) is 14.7. The standard InChI is InChI=1S/C21H16ClN3O3/c22-16-8-4-9-17(12-16)25-19(20-10-5-11-27-20)13-18(23-25)21(26)24-28-14-15-6-2-1-3-7-15/h1-13H,14H2,(H,24,26). The molecule has 28 heavy (non-hydrogen) atoms. The number of carbonyl (C=O) groups is 1.